The van der Waals surface area contributed by atoms with E-state index in [-0.39, 0.29) is 5.97 Å². The second-order valence-electron chi connectivity index (χ2n) is 2.51. The van der Waals surface area contributed by atoms with E-state index in [9.17, 15) is 4.79 Å². The van der Waals surface area contributed by atoms with Gasteiger partial charge in [-0.05, 0) is 18.9 Å². The summed E-state index contributed by atoms with van der Waals surface area (Å²) in [6, 6.07) is 0. The molecule has 0 aromatic heterocycles. The highest BCUT2D eigenvalue weighted by Gasteiger charge is 2.01. The lowest BCUT2D eigenvalue weighted by molar-refractivity contribution is -0.137. The van der Waals surface area contributed by atoms with Gasteiger partial charge in [-0.3, -0.25) is 4.79 Å². The average molecular weight is 152 g/mol. The van der Waals surface area contributed by atoms with E-state index in [0.29, 0.717) is 0 Å². The van der Waals surface area contributed by atoms with Gasteiger partial charge in [0.25, 0.3) is 0 Å². The Balaban J connectivity index is 2.45. The SMILES string of the molecule is CC(=O)OC1=CCC=CCC1. The molecule has 2 nitrogen and oxygen atoms in total. The molecule has 2 heteroatoms. The molecule has 0 N–H and O–H groups in total. The Kier molecular flexibility index (Phi) is 2.90. The first kappa shape index (κ1) is 8.05. The fourth-order valence-electron chi connectivity index (χ4n) is 1.02. The van der Waals surface area contributed by atoms with Crippen molar-refractivity contribution >= 4 is 5.97 Å². The van der Waals surface area contributed by atoms with Crippen molar-refractivity contribution in [2.45, 2.75) is 26.2 Å². The van der Waals surface area contributed by atoms with Crippen LogP contribution in [0.1, 0.15) is 26.2 Å². The molecule has 0 amide bonds. The van der Waals surface area contributed by atoms with Crippen LogP contribution in [-0.4, -0.2) is 5.97 Å². The summed E-state index contributed by atoms with van der Waals surface area (Å²) in [4.78, 5) is 10.5. The van der Waals surface area contributed by atoms with Gasteiger partial charge in [0.2, 0.25) is 0 Å². The molecule has 0 aromatic rings. The van der Waals surface area contributed by atoms with Crippen LogP contribution in [0.25, 0.3) is 0 Å². The summed E-state index contributed by atoms with van der Waals surface area (Å²) < 4.78 is 4.95. The second kappa shape index (κ2) is 3.96. The van der Waals surface area contributed by atoms with Crippen LogP contribution in [0.3, 0.4) is 0 Å². The molecule has 1 rings (SSSR count). The Morgan fingerprint density at radius 1 is 1.55 bits per heavy atom. The van der Waals surface area contributed by atoms with Crippen molar-refractivity contribution in [1.82, 2.24) is 0 Å². The van der Waals surface area contributed by atoms with Crippen molar-refractivity contribution in [3.63, 3.8) is 0 Å². The molecule has 0 aromatic carbocycles. The summed E-state index contributed by atoms with van der Waals surface area (Å²) in [5.74, 6) is 0.584. The minimum atomic E-state index is -0.224. The summed E-state index contributed by atoms with van der Waals surface area (Å²) in [7, 11) is 0. The summed E-state index contributed by atoms with van der Waals surface area (Å²) in [6.45, 7) is 1.43. The van der Waals surface area contributed by atoms with Crippen LogP contribution in [0.15, 0.2) is 24.0 Å². The van der Waals surface area contributed by atoms with E-state index in [4.69, 9.17) is 4.74 Å². The van der Waals surface area contributed by atoms with Gasteiger partial charge in [-0.1, -0.05) is 12.2 Å². The lowest BCUT2D eigenvalue weighted by Gasteiger charge is -2.02. The summed E-state index contributed by atoms with van der Waals surface area (Å²) in [5.41, 5.74) is 0. The number of hydrogen-bond donors (Lipinski definition) is 0. The zero-order valence-electron chi connectivity index (χ0n) is 6.67. The number of ether oxygens (including phenoxy) is 1. The van der Waals surface area contributed by atoms with Crippen LogP contribution < -0.4 is 0 Å². The van der Waals surface area contributed by atoms with Gasteiger partial charge in [-0.25, -0.2) is 0 Å². The smallest absolute Gasteiger partial charge is 0.307 e. The summed E-state index contributed by atoms with van der Waals surface area (Å²) >= 11 is 0. The molecule has 0 saturated heterocycles. The van der Waals surface area contributed by atoms with Crippen LogP contribution in [0.5, 0.6) is 0 Å². The fourth-order valence-corrected chi connectivity index (χ4v) is 1.02. The van der Waals surface area contributed by atoms with Gasteiger partial charge < -0.3 is 4.74 Å². The quantitative estimate of drug-likeness (QED) is 0.425. The largest absolute Gasteiger partial charge is 0.432 e. The lowest BCUT2D eigenvalue weighted by Crippen LogP contribution is -1.98. The maximum Gasteiger partial charge on any atom is 0.307 e. The molecule has 1 aliphatic carbocycles. The predicted octanol–water partition coefficient (Wildman–Crippen LogP) is 2.17. The van der Waals surface area contributed by atoms with Gasteiger partial charge in [-0.15, -0.1) is 0 Å². The summed E-state index contributed by atoms with van der Waals surface area (Å²) in [6.07, 6.45) is 8.83. The number of carbonyl (C=O) groups excluding carboxylic acids is 1. The van der Waals surface area contributed by atoms with E-state index >= 15 is 0 Å². The molecule has 0 atom stereocenters. The van der Waals surface area contributed by atoms with Crippen molar-refractivity contribution < 1.29 is 9.53 Å². The van der Waals surface area contributed by atoms with Crippen molar-refractivity contribution in [1.29, 1.82) is 0 Å². The van der Waals surface area contributed by atoms with Gasteiger partial charge in [-0.2, -0.15) is 0 Å². The van der Waals surface area contributed by atoms with Crippen molar-refractivity contribution in [3.05, 3.63) is 24.0 Å². The first-order valence-electron chi connectivity index (χ1n) is 3.81. The Labute approximate surface area is 66.5 Å². The maximum absolute atomic E-state index is 10.5. The molecule has 0 fully saturated rings. The van der Waals surface area contributed by atoms with Crippen LogP contribution in [-0.2, 0) is 9.53 Å². The highest BCUT2D eigenvalue weighted by atomic mass is 16.5. The normalized spacial score (nSPS) is 17.0. The molecule has 0 radical (unpaired) electrons. The number of esters is 1. The number of hydrogen-bond acceptors (Lipinski definition) is 2. The first-order valence-corrected chi connectivity index (χ1v) is 3.81. The lowest BCUT2D eigenvalue weighted by atomic mass is 10.3. The zero-order chi connectivity index (χ0) is 8.10. The van der Waals surface area contributed by atoms with Crippen molar-refractivity contribution in [2.75, 3.05) is 0 Å². The predicted molar refractivity (Wildman–Crippen MR) is 42.8 cm³/mol. The Bertz CT molecular complexity index is 202. The van der Waals surface area contributed by atoms with Crippen LogP contribution in [0, 0.1) is 0 Å². The van der Waals surface area contributed by atoms with Gasteiger partial charge in [0.15, 0.2) is 0 Å². The van der Waals surface area contributed by atoms with Gasteiger partial charge in [0.05, 0.1) is 0 Å². The average Bonchev–Trinajstić information content (AvgIpc) is 2.14. The van der Waals surface area contributed by atoms with Crippen molar-refractivity contribution in [3.8, 4) is 0 Å². The van der Waals surface area contributed by atoms with Crippen molar-refractivity contribution in [2.24, 2.45) is 0 Å². The minimum Gasteiger partial charge on any atom is -0.432 e. The third-order valence-corrected chi connectivity index (χ3v) is 1.48. The Morgan fingerprint density at radius 2 is 2.36 bits per heavy atom. The molecule has 0 unspecified atom stereocenters. The maximum atomic E-state index is 10.5. The molecular weight excluding hydrogens is 140 g/mol. The fraction of sp³-hybridized carbons (Fsp3) is 0.444. The molecule has 0 spiro atoms. The third kappa shape index (κ3) is 3.03. The number of rotatable bonds is 1. The Hall–Kier alpha value is -1.05. The molecule has 0 aliphatic heterocycles. The zero-order valence-corrected chi connectivity index (χ0v) is 6.67. The molecule has 0 bridgehead atoms. The van der Waals surface area contributed by atoms with Gasteiger partial charge in [0.1, 0.15) is 5.76 Å². The first-order chi connectivity index (χ1) is 5.29. The minimum absolute atomic E-state index is 0.224. The monoisotopic (exact) mass is 152 g/mol. The van der Waals surface area contributed by atoms with Crippen LogP contribution in [0.4, 0.5) is 0 Å². The molecule has 11 heavy (non-hydrogen) atoms. The summed E-state index contributed by atoms with van der Waals surface area (Å²) in [5, 5.41) is 0. The van der Waals surface area contributed by atoms with Crippen LogP contribution >= 0.6 is 0 Å². The third-order valence-electron chi connectivity index (χ3n) is 1.48. The van der Waals surface area contributed by atoms with Gasteiger partial charge >= 0.3 is 5.97 Å². The number of allylic oxidation sites excluding steroid dienone is 4. The molecule has 0 heterocycles. The molecular formula is C9H12O2. The second-order valence-corrected chi connectivity index (χ2v) is 2.51. The van der Waals surface area contributed by atoms with E-state index in [1.807, 2.05) is 6.08 Å². The Morgan fingerprint density at radius 3 is 3.09 bits per heavy atom. The van der Waals surface area contributed by atoms with Gasteiger partial charge in [0, 0.05) is 13.3 Å². The molecule has 1 aliphatic rings. The highest BCUT2D eigenvalue weighted by molar-refractivity contribution is 5.67. The molecule has 60 valence electrons. The molecule has 0 saturated carbocycles. The standard InChI is InChI=1S/C9H12O2/c1-8(10)11-9-6-4-2-3-5-7-9/h2-3,6H,4-5,7H2,1H3. The van der Waals surface area contributed by atoms with E-state index in [0.717, 1.165) is 25.0 Å². The van der Waals surface area contributed by atoms with E-state index < -0.39 is 0 Å². The van der Waals surface area contributed by atoms with E-state index in [1.54, 1.807) is 0 Å². The number of carbonyl (C=O) groups is 1. The topological polar surface area (TPSA) is 26.3 Å². The van der Waals surface area contributed by atoms with Crippen LogP contribution in [0.2, 0.25) is 0 Å². The highest BCUT2D eigenvalue weighted by Crippen LogP contribution is 2.12. The van der Waals surface area contributed by atoms with E-state index in [1.165, 1.54) is 6.92 Å². The van der Waals surface area contributed by atoms with E-state index in [2.05, 4.69) is 12.2 Å².